The molecule has 0 fully saturated rings. The fourth-order valence-corrected chi connectivity index (χ4v) is 1.46. The van der Waals surface area contributed by atoms with Gasteiger partial charge in [0.25, 0.3) is 0 Å². The Hall–Kier alpha value is -2.24. The van der Waals surface area contributed by atoms with Crippen molar-refractivity contribution in [2.24, 2.45) is 0 Å². The Morgan fingerprint density at radius 1 is 1.53 bits per heavy atom. The van der Waals surface area contributed by atoms with Crippen molar-refractivity contribution in [1.82, 2.24) is 9.97 Å². The maximum absolute atomic E-state index is 10.7. The maximum atomic E-state index is 10.7. The lowest BCUT2D eigenvalue weighted by molar-refractivity contribution is -0.383. The van der Waals surface area contributed by atoms with E-state index in [1.165, 1.54) is 0 Å². The Balaban J connectivity index is 2.86. The summed E-state index contributed by atoms with van der Waals surface area (Å²) in [5.41, 5.74) is 0.834. The van der Waals surface area contributed by atoms with E-state index in [2.05, 4.69) is 9.97 Å². The molecule has 0 aliphatic rings. The van der Waals surface area contributed by atoms with E-state index in [0.717, 1.165) is 5.69 Å². The van der Waals surface area contributed by atoms with Crippen molar-refractivity contribution in [3.63, 3.8) is 0 Å². The minimum absolute atomic E-state index is 0.0481. The van der Waals surface area contributed by atoms with Crippen LogP contribution in [0.15, 0.2) is 12.1 Å². The molecule has 0 spiro atoms. The highest BCUT2D eigenvalue weighted by Gasteiger charge is 2.21. The molecule has 0 saturated carbocycles. The van der Waals surface area contributed by atoms with Gasteiger partial charge in [-0.1, -0.05) is 0 Å². The van der Waals surface area contributed by atoms with Crippen LogP contribution in [0.25, 0.3) is 11.0 Å². The van der Waals surface area contributed by atoms with Crippen LogP contribution in [0.5, 0.6) is 0 Å². The zero-order valence-electron chi connectivity index (χ0n) is 7.85. The second-order valence-corrected chi connectivity index (χ2v) is 3.11. The summed E-state index contributed by atoms with van der Waals surface area (Å²) in [5, 5.41) is 11.1. The van der Waals surface area contributed by atoms with Crippen molar-refractivity contribution in [1.29, 1.82) is 0 Å². The number of pyridine rings is 1. The molecule has 6 nitrogen and oxygen atoms in total. The first-order valence-corrected chi connectivity index (χ1v) is 4.22. The number of nitro groups is 1. The van der Waals surface area contributed by atoms with E-state index in [1.807, 2.05) is 0 Å². The zero-order chi connectivity index (χ0) is 11.0. The molecular formula is C9H7N3O3. The standard InChI is InChI=1S/C9H7N3O3/c1-5-2-3-6-8(12(14)15)7(4-13)11-9(6)10-5/h2-4H,1H3,(H,10,11). The van der Waals surface area contributed by atoms with E-state index in [-0.39, 0.29) is 11.4 Å². The number of fused-ring (bicyclic) bond motifs is 1. The Bertz CT molecular complexity index is 559. The Morgan fingerprint density at radius 2 is 2.27 bits per heavy atom. The van der Waals surface area contributed by atoms with Crippen molar-refractivity contribution in [2.45, 2.75) is 6.92 Å². The molecule has 6 heteroatoms. The number of aryl methyl sites for hydroxylation is 1. The number of hydrogen-bond donors (Lipinski definition) is 1. The van der Waals surface area contributed by atoms with Crippen molar-refractivity contribution >= 4 is 23.0 Å². The molecule has 0 amide bonds. The predicted molar refractivity (Wildman–Crippen MR) is 52.9 cm³/mol. The molecule has 2 aromatic rings. The molecule has 0 bridgehead atoms. The van der Waals surface area contributed by atoms with Crippen LogP contribution in [0, 0.1) is 17.0 Å². The third kappa shape index (κ3) is 1.35. The van der Waals surface area contributed by atoms with Gasteiger partial charge in [-0.25, -0.2) is 4.98 Å². The summed E-state index contributed by atoms with van der Waals surface area (Å²) >= 11 is 0. The Morgan fingerprint density at radius 3 is 2.87 bits per heavy atom. The average Bonchev–Trinajstić information content (AvgIpc) is 2.54. The van der Waals surface area contributed by atoms with E-state index < -0.39 is 4.92 Å². The van der Waals surface area contributed by atoms with Crippen LogP contribution >= 0.6 is 0 Å². The monoisotopic (exact) mass is 205 g/mol. The van der Waals surface area contributed by atoms with Crippen LogP contribution in [-0.2, 0) is 0 Å². The number of aromatic amines is 1. The number of carbonyl (C=O) groups excluding carboxylic acids is 1. The number of carbonyl (C=O) groups is 1. The SMILES string of the molecule is Cc1ccc2c([N+](=O)[O-])c(C=O)[nH]c2n1. The molecule has 0 unspecified atom stereocenters. The first kappa shape index (κ1) is 9.32. The Labute approximate surface area is 84.1 Å². The van der Waals surface area contributed by atoms with Gasteiger partial charge in [0.1, 0.15) is 5.65 Å². The highest BCUT2D eigenvalue weighted by atomic mass is 16.6. The van der Waals surface area contributed by atoms with Gasteiger partial charge in [0.05, 0.1) is 10.3 Å². The third-order valence-corrected chi connectivity index (χ3v) is 2.10. The van der Waals surface area contributed by atoms with Crippen LogP contribution in [0.2, 0.25) is 0 Å². The summed E-state index contributed by atoms with van der Waals surface area (Å²) < 4.78 is 0. The smallest absolute Gasteiger partial charge is 0.306 e. The minimum atomic E-state index is -0.584. The molecule has 76 valence electrons. The molecule has 0 aliphatic heterocycles. The summed E-state index contributed by atoms with van der Waals surface area (Å²) in [6.07, 6.45) is 0.426. The first-order chi connectivity index (χ1) is 7.13. The van der Waals surface area contributed by atoms with Gasteiger partial charge in [-0.3, -0.25) is 14.9 Å². The highest BCUT2D eigenvalue weighted by Crippen LogP contribution is 2.27. The van der Waals surface area contributed by atoms with Gasteiger partial charge in [0, 0.05) is 5.69 Å². The third-order valence-electron chi connectivity index (χ3n) is 2.10. The summed E-state index contributed by atoms with van der Waals surface area (Å²) in [6, 6.07) is 3.25. The molecule has 0 saturated heterocycles. The van der Waals surface area contributed by atoms with E-state index in [0.29, 0.717) is 17.3 Å². The molecular weight excluding hydrogens is 198 g/mol. The van der Waals surface area contributed by atoms with Gasteiger partial charge in [0.2, 0.25) is 0 Å². The van der Waals surface area contributed by atoms with Crippen molar-refractivity contribution in [3.8, 4) is 0 Å². The number of hydrogen-bond acceptors (Lipinski definition) is 4. The molecule has 2 heterocycles. The quantitative estimate of drug-likeness (QED) is 0.458. The highest BCUT2D eigenvalue weighted by molar-refractivity contribution is 5.96. The van der Waals surface area contributed by atoms with Gasteiger partial charge in [-0.05, 0) is 19.1 Å². The molecule has 2 aromatic heterocycles. The van der Waals surface area contributed by atoms with E-state index >= 15 is 0 Å². The second kappa shape index (κ2) is 3.16. The number of nitrogens with one attached hydrogen (secondary N) is 1. The number of H-pyrrole nitrogens is 1. The Kier molecular flexibility index (Phi) is 1.96. The number of aldehydes is 1. The minimum Gasteiger partial charge on any atom is -0.331 e. The zero-order valence-corrected chi connectivity index (χ0v) is 7.85. The van der Waals surface area contributed by atoms with Crippen LogP contribution in [-0.4, -0.2) is 21.2 Å². The lowest BCUT2D eigenvalue weighted by Gasteiger charge is -1.91. The fourth-order valence-electron chi connectivity index (χ4n) is 1.46. The lowest BCUT2D eigenvalue weighted by atomic mass is 10.2. The largest absolute Gasteiger partial charge is 0.331 e. The van der Waals surface area contributed by atoms with Gasteiger partial charge in [-0.2, -0.15) is 0 Å². The molecule has 0 aromatic carbocycles. The summed E-state index contributed by atoms with van der Waals surface area (Å²) in [7, 11) is 0. The van der Waals surface area contributed by atoms with Crippen LogP contribution < -0.4 is 0 Å². The number of rotatable bonds is 2. The van der Waals surface area contributed by atoms with Crippen LogP contribution in [0.1, 0.15) is 16.2 Å². The maximum Gasteiger partial charge on any atom is 0.306 e. The molecule has 0 radical (unpaired) electrons. The summed E-state index contributed by atoms with van der Waals surface area (Å²) in [5.74, 6) is 0. The van der Waals surface area contributed by atoms with Gasteiger partial charge in [-0.15, -0.1) is 0 Å². The summed E-state index contributed by atoms with van der Waals surface area (Å²) in [4.78, 5) is 27.5. The normalized spacial score (nSPS) is 10.5. The summed E-state index contributed by atoms with van der Waals surface area (Å²) in [6.45, 7) is 1.77. The van der Waals surface area contributed by atoms with Crippen LogP contribution in [0.3, 0.4) is 0 Å². The fraction of sp³-hybridized carbons (Fsp3) is 0.111. The average molecular weight is 205 g/mol. The van der Waals surface area contributed by atoms with Crippen molar-refractivity contribution in [2.75, 3.05) is 0 Å². The predicted octanol–water partition coefficient (Wildman–Crippen LogP) is 1.59. The van der Waals surface area contributed by atoms with Crippen molar-refractivity contribution < 1.29 is 9.72 Å². The van der Waals surface area contributed by atoms with Gasteiger partial charge >= 0.3 is 5.69 Å². The van der Waals surface area contributed by atoms with Gasteiger partial charge in [0.15, 0.2) is 12.0 Å². The lowest BCUT2D eigenvalue weighted by Crippen LogP contribution is -1.91. The molecule has 0 atom stereocenters. The molecule has 0 aliphatic carbocycles. The first-order valence-electron chi connectivity index (χ1n) is 4.22. The number of nitrogens with zero attached hydrogens (tertiary/aromatic N) is 2. The van der Waals surface area contributed by atoms with E-state index in [1.54, 1.807) is 19.1 Å². The topological polar surface area (TPSA) is 88.9 Å². The van der Waals surface area contributed by atoms with Crippen molar-refractivity contribution in [3.05, 3.63) is 33.6 Å². The molecule has 2 rings (SSSR count). The van der Waals surface area contributed by atoms with E-state index in [4.69, 9.17) is 0 Å². The number of aromatic nitrogens is 2. The van der Waals surface area contributed by atoms with Gasteiger partial charge < -0.3 is 4.98 Å². The second-order valence-electron chi connectivity index (χ2n) is 3.11. The molecule has 1 N–H and O–H groups in total. The molecule has 15 heavy (non-hydrogen) atoms. The van der Waals surface area contributed by atoms with E-state index in [9.17, 15) is 14.9 Å². The van der Waals surface area contributed by atoms with Crippen LogP contribution in [0.4, 0.5) is 5.69 Å².